The number of hydrogen-bond donors (Lipinski definition) is 1. The van der Waals surface area contributed by atoms with Gasteiger partial charge >= 0.3 is 5.97 Å². The standard InChI is InChI=1S/C10H19NO3S/c1-3-6-11(8-12)9(10(13)14)5-7-15-4-2/h8-9H,3-7H2,1-2H3,(H,13,14). The van der Waals surface area contributed by atoms with Crippen LogP contribution in [0, 0.1) is 0 Å². The van der Waals surface area contributed by atoms with E-state index in [9.17, 15) is 9.59 Å². The summed E-state index contributed by atoms with van der Waals surface area (Å²) in [7, 11) is 0. The van der Waals surface area contributed by atoms with Crippen LogP contribution in [0.25, 0.3) is 0 Å². The molecular formula is C10H19NO3S. The zero-order chi connectivity index (χ0) is 11.7. The van der Waals surface area contributed by atoms with E-state index in [0.717, 1.165) is 17.9 Å². The molecule has 0 saturated carbocycles. The van der Waals surface area contributed by atoms with Gasteiger partial charge < -0.3 is 10.0 Å². The summed E-state index contributed by atoms with van der Waals surface area (Å²) in [5, 5.41) is 8.99. The third-order valence-corrected chi connectivity index (χ3v) is 2.97. The molecule has 0 saturated heterocycles. The lowest BCUT2D eigenvalue weighted by atomic mass is 10.2. The van der Waals surface area contributed by atoms with Gasteiger partial charge in [0.2, 0.25) is 6.41 Å². The monoisotopic (exact) mass is 233 g/mol. The predicted octanol–water partition coefficient (Wildman–Crippen LogP) is 1.45. The first-order valence-corrected chi connectivity index (χ1v) is 6.34. The number of thioether (sulfide) groups is 1. The van der Waals surface area contributed by atoms with Crippen molar-refractivity contribution in [1.82, 2.24) is 4.90 Å². The van der Waals surface area contributed by atoms with Gasteiger partial charge in [-0.05, 0) is 24.3 Å². The first-order valence-electron chi connectivity index (χ1n) is 5.18. The molecule has 0 bridgehead atoms. The summed E-state index contributed by atoms with van der Waals surface area (Å²) in [6.45, 7) is 4.47. The van der Waals surface area contributed by atoms with Crippen LogP contribution in [0.2, 0.25) is 0 Å². The highest BCUT2D eigenvalue weighted by Gasteiger charge is 2.23. The van der Waals surface area contributed by atoms with Gasteiger partial charge in [-0.15, -0.1) is 0 Å². The van der Waals surface area contributed by atoms with Crippen molar-refractivity contribution in [3.8, 4) is 0 Å². The lowest BCUT2D eigenvalue weighted by molar-refractivity contribution is -0.146. The molecule has 0 spiro atoms. The van der Waals surface area contributed by atoms with E-state index in [0.29, 0.717) is 19.4 Å². The molecule has 1 N–H and O–H groups in total. The molecule has 0 rings (SSSR count). The summed E-state index contributed by atoms with van der Waals surface area (Å²) >= 11 is 1.69. The molecule has 0 aliphatic heterocycles. The Balaban J connectivity index is 4.21. The smallest absolute Gasteiger partial charge is 0.326 e. The molecule has 0 aliphatic carbocycles. The Morgan fingerprint density at radius 2 is 2.20 bits per heavy atom. The van der Waals surface area contributed by atoms with Gasteiger partial charge in [-0.25, -0.2) is 4.79 Å². The van der Waals surface area contributed by atoms with E-state index in [1.165, 1.54) is 4.90 Å². The predicted molar refractivity (Wildman–Crippen MR) is 62.1 cm³/mol. The molecule has 15 heavy (non-hydrogen) atoms. The molecule has 1 atom stereocenters. The Labute approximate surface area is 95.0 Å². The largest absolute Gasteiger partial charge is 0.480 e. The Morgan fingerprint density at radius 3 is 2.60 bits per heavy atom. The molecular weight excluding hydrogens is 214 g/mol. The van der Waals surface area contributed by atoms with Crippen LogP contribution in [0.1, 0.15) is 26.7 Å². The Bertz CT molecular complexity index is 199. The van der Waals surface area contributed by atoms with Crippen molar-refractivity contribution >= 4 is 24.1 Å². The number of carbonyl (C=O) groups excluding carboxylic acids is 1. The van der Waals surface area contributed by atoms with E-state index in [-0.39, 0.29) is 0 Å². The van der Waals surface area contributed by atoms with Crippen molar-refractivity contribution in [2.45, 2.75) is 32.7 Å². The topological polar surface area (TPSA) is 57.6 Å². The van der Waals surface area contributed by atoms with E-state index in [1.54, 1.807) is 11.8 Å². The summed E-state index contributed by atoms with van der Waals surface area (Å²) < 4.78 is 0. The van der Waals surface area contributed by atoms with Gasteiger partial charge in [0, 0.05) is 6.54 Å². The van der Waals surface area contributed by atoms with Crippen LogP contribution >= 0.6 is 11.8 Å². The SMILES string of the molecule is CCCN(C=O)C(CCSCC)C(=O)O. The van der Waals surface area contributed by atoms with Crippen molar-refractivity contribution in [2.24, 2.45) is 0 Å². The lowest BCUT2D eigenvalue weighted by Gasteiger charge is -2.24. The molecule has 0 aromatic rings. The maximum atomic E-state index is 11.0. The van der Waals surface area contributed by atoms with E-state index in [2.05, 4.69) is 0 Å². The van der Waals surface area contributed by atoms with Crippen molar-refractivity contribution in [3.05, 3.63) is 0 Å². The molecule has 0 fully saturated rings. The Morgan fingerprint density at radius 1 is 1.53 bits per heavy atom. The summed E-state index contributed by atoms with van der Waals surface area (Å²) in [5.74, 6) is 0.843. The van der Waals surface area contributed by atoms with E-state index in [4.69, 9.17) is 5.11 Å². The van der Waals surface area contributed by atoms with Crippen molar-refractivity contribution < 1.29 is 14.7 Å². The molecule has 0 aliphatic rings. The fraction of sp³-hybridized carbons (Fsp3) is 0.800. The van der Waals surface area contributed by atoms with Gasteiger partial charge in [-0.2, -0.15) is 11.8 Å². The molecule has 4 nitrogen and oxygen atoms in total. The number of rotatable bonds is 9. The number of hydrogen-bond acceptors (Lipinski definition) is 3. The van der Waals surface area contributed by atoms with Crippen LogP contribution in [0.4, 0.5) is 0 Å². The molecule has 1 amide bonds. The minimum Gasteiger partial charge on any atom is -0.480 e. The van der Waals surface area contributed by atoms with Crippen molar-refractivity contribution in [3.63, 3.8) is 0 Å². The van der Waals surface area contributed by atoms with Crippen molar-refractivity contribution in [1.29, 1.82) is 0 Å². The maximum Gasteiger partial charge on any atom is 0.326 e. The maximum absolute atomic E-state index is 11.0. The highest BCUT2D eigenvalue weighted by atomic mass is 32.2. The fourth-order valence-corrected chi connectivity index (χ4v) is 1.99. The average molecular weight is 233 g/mol. The normalized spacial score (nSPS) is 12.1. The fourth-order valence-electron chi connectivity index (χ4n) is 1.31. The molecule has 0 heterocycles. The van der Waals surface area contributed by atoms with E-state index >= 15 is 0 Å². The minimum absolute atomic E-state index is 0.511. The third kappa shape index (κ3) is 5.67. The summed E-state index contributed by atoms with van der Waals surface area (Å²) in [6, 6.07) is -0.665. The molecule has 0 aromatic heterocycles. The highest BCUT2D eigenvalue weighted by Crippen LogP contribution is 2.09. The Hall–Kier alpha value is -0.710. The zero-order valence-electron chi connectivity index (χ0n) is 9.31. The quantitative estimate of drug-likeness (QED) is 0.484. The van der Waals surface area contributed by atoms with E-state index < -0.39 is 12.0 Å². The third-order valence-electron chi connectivity index (χ3n) is 2.04. The number of nitrogens with zero attached hydrogens (tertiary/aromatic N) is 1. The van der Waals surface area contributed by atoms with Crippen LogP contribution in [0.5, 0.6) is 0 Å². The van der Waals surface area contributed by atoms with Crippen molar-refractivity contribution in [2.75, 3.05) is 18.1 Å². The van der Waals surface area contributed by atoms with Crippen LogP contribution in [-0.4, -0.2) is 46.5 Å². The van der Waals surface area contributed by atoms with Gasteiger partial charge in [-0.3, -0.25) is 4.79 Å². The van der Waals surface area contributed by atoms with E-state index in [1.807, 2.05) is 13.8 Å². The van der Waals surface area contributed by atoms with Crippen LogP contribution in [0.3, 0.4) is 0 Å². The lowest BCUT2D eigenvalue weighted by Crippen LogP contribution is -2.41. The highest BCUT2D eigenvalue weighted by molar-refractivity contribution is 7.99. The van der Waals surface area contributed by atoms with Gasteiger partial charge in [-0.1, -0.05) is 13.8 Å². The molecule has 88 valence electrons. The molecule has 0 radical (unpaired) electrons. The van der Waals surface area contributed by atoms with Crippen LogP contribution < -0.4 is 0 Å². The number of carboxylic acids is 1. The number of amides is 1. The first kappa shape index (κ1) is 14.3. The van der Waals surface area contributed by atoms with Crippen LogP contribution in [-0.2, 0) is 9.59 Å². The zero-order valence-corrected chi connectivity index (χ0v) is 10.1. The van der Waals surface area contributed by atoms with Crippen LogP contribution in [0.15, 0.2) is 0 Å². The van der Waals surface area contributed by atoms with Gasteiger partial charge in [0.25, 0.3) is 0 Å². The Kier molecular flexibility index (Phi) is 8.18. The first-order chi connectivity index (χ1) is 7.17. The van der Waals surface area contributed by atoms with Gasteiger partial charge in [0.15, 0.2) is 0 Å². The molecule has 1 unspecified atom stereocenters. The second-order valence-electron chi connectivity index (χ2n) is 3.18. The summed E-state index contributed by atoms with van der Waals surface area (Å²) in [6.07, 6.45) is 1.94. The number of carboxylic acid groups (broad SMARTS) is 1. The molecule has 5 heteroatoms. The second kappa shape index (κ2) is 8.59. The molecule has 0 aromatic carbocycles. The van der Waals surface area contributed by atoms with Gasteiger partial charge in [0.05, 0.1) is 0 Å². The second-order valence-corrected chi connectivity index (χ2v) is 4.58. The number of carbonyl (C=O) groups is 2. The van der Waals surface area contributed by atoms with Gasteiger partial charge in [0.1, 0.15) is 6.04 Å². The average Bonchev–Trinajstić information content (AvgIpc) is 2.21. The minimum atomic E-state index is -0.910. The number of aliphatic carboxylic acids is 1. The summed E-state index contributed by atoms with van der Waals surface area (Å²) in [4.78, 5) is 23.1. The summed E-state index contributed by atoms with van der Waals surface area (Å²) in [5.41, 5.74) is 0.